The molecule has 4 rings (SSSR count). The Balaban J connectivity index is 1.51. The van der Waals surface area contributed by atoms with Gasteiger partial charge in [0.05, 0.1) is 18.0 Å². The molecule has 5 unspecified atom stereocenters. The molecule has 168 valence electrons. The number of aryl methyl sites for hydroxylation is 1. The number of fused-ring (bicyclic) bond motifs is 1. The molecule has 8 heteroatoms. The van der Waals surface area contributed by atoms with E-state index in [2.05, 4.69) is 33.1 Å². The average Bonchev–Trinajstić information content (AvgIpc) is 2.78. The van der Waals surface area contributed by atoms with Gasteiger partial charge < -0.3 is 16.0 Å². The SMILES string of the molecule is CCc1ccccc1NC(=O)C1CC(=O)NC2NC(N3CCCCC3CC)NC(=O)C21. The van der Waals surface area contributed by atoms with Gasteiger partial charge in [-0.1, -0.05) is 38.5 Å². The third-order valence-electron chi connectivity index (χ3n) is 6.90. The van der Waals surface area contributed by atoms with Gasteiger partial charge in [-0.15, -0.1) is 0 Å². The Kier molecular flexibility index (Phi) is 6.57. The summed E-state index contributed by atoms with van der Waals surface area (Å²) < 4.78 is 0. The Labute approximate surface area is 183 Å². The molecule has 3 saturated heterocycles. The van der Waals surface area contributed by atoms with E-state index in [4.69, 9.17) is 0 Å². The Morgan fingerprint density at radius 3 is 2.74 bits per heavy atom. The molecule has 3 aliphatic rings. The van der Waals surface area contributed by atoms with Crippen LogP contribution in [0, 0.1) is 11.8 Å². The first-order valence-electron chi connectivity index (χ1n) is 11.5. The molecule has 0 spiro atoms. The zero-order chi connectivity index (χ0) is 22.0. The molecule has 3 fully saturated rings. The fourth-order valence-electron chi connectivity index (χ4n) is 5.22. The second kappa shape index (κ2) is 9.36. The van der Waals surface area contributed by atoms with Crippen LogP contribution < -0.4 is 21.3 Å². The largest absolute Gasteiger partial charge is 0.340 e. The number of anilines is 1. The highest BCUT2D eigenvalue weighted by molar-refractivity contribution is 6.00. The highest BCUT2D eigenvalue weighted by atomic mass is 16.2. The van der Waals surface area contributed by atoms with Gasteiger partial charge in [0.1, 0.15) is 6.29 Å². The molecule has 31 heavy (non-hydrogen) atoms. The fraction of sp³-hybridized carbons (Fsp3) is 0.609. The van der Waals surface area contributed by atoms with E-state index in [1.165, 1.54) is 6.42 Å². The number of nitrogens with one attached hydrogen (secondary N) is 4. The monoisotopic (exact) mass is 427 g/mol. The number of hydrogen-bond donors (Lipinski definition) is 4. The number of carbonyl (C=O) groups is 3. The van der Waals surface area contributed by atoms with Crippen LogP contribution in [0.3, 0.4) is 0 Å². The van der Waals surface area contributed by atoms with E-state index < -0.39 is 18.0 Å². The summed E-state index contributed by atoms with van der Waals surface area (Å²) in [7, 11) is 0. The van der Waals surface area contributed by atoms with Crippen LogP contribution in [0.25, 0.3) is 0 Å². The van der Waals surface area contributed by atoms with Gasteiger partial charge in [0.2, 0.25) is 17.7 Å². The van der Waals surface area contributed by atoms with Crippen molar-refractivity contribution in [1.82, 2.24) is 20.9 Å². The van der Waals surface area contributed by atoms with Gasteiger partial charge in [0.15, 0.2) is 0 Å². The zero-order valence-corrected chi connectivity index (χ0v) is 18.3. The van der Waals surface area contributed by atoms with E-state index in [-0.39, 0.29) is 30.4 Å². The van der Waals surface area contributed by atoms with Crippen molar-refractivity contribution in [1.29, 1.82) is 0 Å². The molecule has 0 bridgehead atoms. The number of benzene rings is 1. The minimum absolute atomic E-state index is 0.00234. The van der Waals surface area contributed by atoms with E-state index in [9.17, 15) is 14.4 Å². The van der Waals surface area contributed by atoms with Crippen LogP contribution in [-0.2, 0) is 20.8 Å². The Hall–Kier alpha value is -2.45. The molecule has 3 amide bonds. The summed E-state index contributed by atoms with van der Waals surface area (Å²) in [5.41, 5.74) is 1.76. The molecular formula is C23H33N5O3. The van der Waals surface area contributed by atoms with Gasteiger partial charge in [-0.05, 0) is 37.3 Å². The van der Waals surface area contributed by atoms with Crippen molar-refractivity contribution in [3.63, 3.8) is 0 Å². The molecular weight excluding hydrogens is 394 g/mol. The van der Waals surface area contributed by atoms with E-state index in [0.29, 0.717) is 6.04 Å². The maximum Gasteiger partial charge on any atom is 0.229 e. The summed E-state index contributed by atoms with van der Waals surface area (Å²) in [6.45, 7) is 5.09. The number of piperidine rings is 2. The zero-order valence-electron chi connectivity index (χ0n) is 18.3. The average molecular weight is 428 g/mol. The number of para-hydroxylation sites is 1. The van der Waals surface area contributed by atoms with Crippen LogP contribution in [0.2, 0.25) is 0 Å². The standard InChI is InChI=1S/C23H33N5O3/c1-3-14-9-5-6-11-17(14)24-21(30)16-13-18(29)25-20-19(16)22(31)27-23(26-20)28-12-8-7-10-15(28)4-2/h5-6,9,11,15-16,19-20,23,26H,3-4,7-8,10,12-13H2,1-2H3,(H,24,30)(H,25,29)(H,27,31). The smallest absolute Gasteiger partial charge is 0.229 e. The van der Waals surface area contributed by atoms with Crippen LogP contribution in [-0.4, -0.2) is 47.7 Å². The lowest BCUT2D eigenvalue weighted by Gasteiger charge is -2.49. The Morgan fingerprint density at radius 2 is 1.97 bits per heavy atom. The fourth-order valence-corrected chi connectivity index (χ4v) is 5.22. The molecule has 0 radical (unpaired) electrons. The van der Waals surface area contributed by atoms with Crippen molar-refractivity contribution in [2.24, 2.45) is 11.8 Å². The Morgan fingerprint density at radius 1 is 1.16 bits per heavy atom. The van der Waals surface area contributed by atoms with E-state index in [1.54, 1.807) is 0 Å². The van der Waals surface area contributed by atoms with Crippen molar-refractivity contribution < 1.29 is 14.4 Å². The van der Waals surface area contributed by atoms with E-state index >= 15 is 0 Å². The predicted molar refractivity (Wildman–Crippen MR) is 118 cm³/mol. The molecule has 8 nitrogen and oxygen atoms in total. The van der Waals surface area contributed by atoms with E-state index in [1.807, 2.05) is 31.2 Å². The number of carbonyl (C=O) groups excluding carboxylic acids is 3. The van der Waals surface area contributed by atoms with Gasteiger partial charge in [-0.3, -0.25) is 24.6 Å². The summed E-state index contributed by atoms with van der Waals surface area (Å²) in [5, 5.41) is 12.3. The summed E-state index contributed by atoms with van der Waals surface area (Å²) in [6, 6.07) is 8.02. The molecule has 3 aliphatic heterocycles. The van der Waals surface area contributed by atoms with Crippen LogP contribution >= 0.6 is 0 Å². The summed E-state index contributed by atoms with van der Waals surface area (Å²) in [6.07, 6.45) is 4.29. The van der Waals surface area contributed by atoms with Gasteiger partial charge in [-0.2, -0.15) is 0 Å². The maximum atomic E-state index is 13.2. The summed E-state index contributed by atoms with van der Waals surface area (Å²) in [5.74, 6) is -2.05. The second-order valence-corrected chi connectivity index (χ2v) is 8.76. The first kappa shape index (κ1) is 21.8. The number of likely N-dealkylation sites (tertiary alicyclic amines) is 1. The van der Waals surface area contributed by atoms with E-state index in [0.717, 1.165) is 43.5 Å². The highest BCUT2D eigenvalue weighted by Crippen LogP contribution is 2.30. The lowest BCUT2D eigenvalue weighted by Crippen LogP contribution is -2.75. The van der Waals surface area contributed by atoms with Gasteiger partial charge >= 0.3 is 0 Å². The number of hydrogen-bond acceptors (Lipinski definition) is 5. The minimum atomic E-state index is -0.722. The van der Waals surface area contributed by atoms with Crippen molar-refractivity contribution in [3.8, 4) is 0 Å². The summed E-state index contributed by atoms with van der Waals surface area (Å²) >= 11 is 0. The van der Waals surface area contributed by atoms with Gasteiger partial charge in [0.25, 0.3) is 0 Å². The van der Waals surface area contributed by atoms with Crippen LogP contribution in [0.1, 0.15) is 51.5 Å². The van der Waals surface area contributed by atoms with Crippen LogP contribution in [0.15, 0.2) is 24.3 Å². The molecule has 0 aliphatic carbocycles. The highest BCUT2D eigenvalue weighted by Gasteiger charge is 2.49. The lowest BCUT2D eigenvalue weighted by atomic mass is 9.80. The first-order chi connectivity index (χ1) is 15.0. The second-order valence-electron chi connectivity index (χ2n) is 8.76. The molecule has 5 atom stereocenters. The number of rotatable bonds is 5. The molecule has 1 aromatic carbocycles. The number of amides is 3. The maximum absolute atomic E-state index is 13.2. The first-order valence-corrected chi connectivity index (χ1v) is 11.5. The molecule has 0 aromatic heterocycles. The normalized spacial score (nSPS) is 31.4. The van der Waals surface area contributed by atoms with Crippen molar-refractivity contribution in [3.05, 3.63) is 29.8 Å². The number of nitrogens with zero attached hydrogens (tertiary/aromatic N) is 1. The molecule has 3 heterocycles. The lowest BCUT2D eigenvalue weighted by molar-refractivity contribution is -0.148. The van der Waals surface area contributed by atoms with Gasteiger partial charge in [-0.25, -0.2) is 0 Å². The molecule has 4 N–H and O–H groups in total. The quantitative estimate of drug-likeness (QED) is 0.571. The topological polar surface area (TPSA) is 103 Å². The van der Waals surface area contributed by atoms with Crippen molar-refractivity contribution >= 4 is 23.4 Å². The molecule has 0 saturated carbocycles. The van der Waals surface area contributed by atoms with Crippen molar-refractivity contribution in [2.45, 2.75) is 70.9 Å². The minimum Gasteiger partial charge on any atom is -0.340 e. The Bertz CT molecular complexity index is 844. The third kappa shape index (κ3) is 4.45. The summed E-state index contributed by atoms with van der Waals surface area (Å²) in [4.78, 5) is 41.0. The van der Waals surface area contributed by atoms with Crippen LogP contribution in [0.5, 0.6) is 0 Å². The van der Waals surface area contributed by atoms with Crippen LogP contribution in [0.4, 0.5) is 5.69 Å². The van der Waals surface area contributed by atoms with Crippen molar-refractivity contribution in [2.75, 3.05) is 11.9 Å². The molecule has 1 aromatic rings. The van der Waals surface area contributed by atoms with Gasteiger partial charge in [0, 0.05) is 24.7 Å². The third-order valence-corrected chi connectivity index (χ3v) is 6.90. The predicted octanol–water partition coefficient (Wildman–Crippen LogP) is 1.53.